The van der Waals surface area contributed by atoms with Crippen LogP contribution in [0.3, 0.4) is 0 Å². The maximum atomic E-state index is 13.3. The summed E-state index contributed by atoms with van der Waals surface area (Å²) in [5.41, 5.74) is 1.10. The molecule has 2 nitrogen and oxygen atoms in total. The van der Waals surface area contributed by atoms with Crippen molar-refractivity contribution in [3.63, 3.8) is 0 Å². The highest BCUT2D eigenvalue weighted by molar-refractivity contribution is 9.10. The molecule has 0 atom stereocenters. The lowest BCUT2D eigenvalue weighted by Crippen LogP contribution is -2.33. The molecule has 0 aliphatic carbocycles. The first-order chi connectivity index (χ1) is 8.43. The molecule has 0 bridgehead atoms. The third kappa shape index (κ3) is 5.94. The molecule has 4 heteroatoms. The van der Waals surface area contributed by atoms with Crippen LogP contribution in [0.2, 0.25) is 0 Å². The quantitative estimate of drug-likeness (QED) is 0.778. The van der Waals surface area contributed by atoms with Gasteiger partial charge in [-0.2, -0.15) is 0 Å². The van der Waals surface area contributed by atoms with Gasteiger partial charge in [0.05, 0.1) is 6.61 Å². The number of halogens is 2. The van der Waals surface area contributed by atoms with Gasteiger partial charge in [-0.3, -0.25) is 0 Å². The highest BCUT2D eigenvalue weighted by atomic mass is 79.9. The predicted molar refractivity (Wildman–Crippen MR) is 76.3 cm³/mol. The summed E-state index contributed by atoms with van der Waals surface area (Å²) in [5.74, 6) is -0.192. The molecule has 0 amide bonds. The summed E-state index contributed by atoms with van der Waals surface area (Å²) in [7, 11) is 1.69. The van der Waals surface area contributed by atoms with Crippen molar-refractivity contribution in [3.05, 3.63) is 34.1 Å². The van der Waals surface area contributed by atoms with Gasteiger partial charge in [0.2, 0.25) is 0 Å². The first kappa shape index (κ1) is 15.6. The van der Waals surface area contributed by atoms with Gasteiger partial charge in [0.25, 0.3) is 0 Å². The minimum Gasteiger partial charge on any atom is -0.383 e. The second-order valence-electron chi connectivity index (χ2n) is 5.29. The van der Waals surface area contributed by atoms with Crippen molar-refractivity contribution in [1.29, 1.82) is 0 Å². The van der Waals surface area contributed by atoms with E-state index in [1.54, 1.807) is 13.2 Å². The molecule has 18 heavy (non-hydrogen) atoms. The molecular formula is C14H21BrFNO. The SMILES string of the molecule is COCCNCC(C)(C)Cc1cc(F)cc(Br)c1. The predicted octanol–water partition coefficient (Wildman–Crippen LogP) is 3.39. The number of ether oxygens (including phenoxy) is 1. The summed E-state index contributed by atoms with van der Waals surface area (Å²) in [6, 6.07) is 5.05. The van der Waals surface area contributed by atoms with Gasteiger partial charge in [-0.25, -0.2) is 4.39 Å². The molecule has 1 rings (SSSR count). The maximum Gasteiger partial charge on any atom is 0.124 e. The molecule has 0 fully saturated rings. The summed E-state index contributed by atoms with van der Waals surface area (Å²) >= 11 is 3.32. The molecule has 1 aromatic rings. The highest BCUT2D eigenvalue weighted by Crippen LogP contribution is 2.24. The fourth-order valence-corrected chi connectivity index (χ4v) is 2.44. The normalized spacial score (nSPS) is 11.8. The van der Waals surface area contributed by atoms with Crippen molar-refractivity contribution in [1.82, 2.24) is 5.32 Å². The van der Waals surface area contributed by atoms with E-state index in [2.05, 4.69) is 35.1 Å². The number of benzene rings is 1. The molecule has 1 aromatic carbocycles. The lowest BCUT2D eigenvalue weighted by Gasteiger charge is -2.25. The van der Waals surface area contributed by atoms with E-state index in [-0.39, 0.29) is 11.2 Å². The second kappa shape index (κ2) is 7.22. The van der Waals surface area contributed by atoms with E-state index < -0.39 is 0 Å². The summed E-state index contributed by atoms with van der Waals surface area (Å²) in [6.45, 7) is 6.77. The first-order valence-corrected chi connectivity index (χ1v) is 6.87. The standard InChI is InChI=1S/C14H21BrFNO/c1-14(2,10-17-4-5-18-3)9-11-6-12(15)8-13(16)7-11/h6-8,17H,4-5,9-10H2,1-3H3. The second-order valence-corrected chi connectivity index (χ2v) is 6.20. The van der Waals surface area contributed by atoms with Crippen LogP contribution in [-0.2, 0) is 11.2 Å². The Bertz CT molecular complexity index is 362. The van der Waals surface area contributed by atoms with Crippen LogP contribution < -0.4 is 5.32 Å². The molecule has 0 saturated heterocycles. The molecule has 0 radical (unpaired) electrons. The third-order valence-electron chi connectivity index (χ3n) is 2.69. The number of rotatable bonds is 7. The number of hydrogen-bond acceptors (Lipinski definition) is 2. The van der Waals surface area contributed by atoms with Crippen molar-refractivity contribution < 1.29 is 9.13 Å². The van der Waals surface area contributed by atoms with Crippen LogP contribution >= 0.6 is 15.9 Å². The molecular weight excluding hydrogens is 297 g/mol. The Balaban J connectivity index is 2.53. The minimum absolute atomic E-state index is 0.0843. The van der Waals surface area contributed by atoms with Crippen LogP contribution in [0, 0.1) is 11.2 Å². The number of nitrogens with one attached hydrogen (secondary N) is 1. The van der Waals surface area contributed by atoms with Crippen LogP contribution in [0.5, 0.6) is 0 Å². The average Bonchev–Trinajstić information content (AvgIpc) is 2.22. The topological polar surface area (TPSA) is 21.3 Å². The molecule has 1 N–H and O–H groups in total. The van der Waals surface area contributed by atoms with Crippen LogP contribution in [0.4, 0.5) is 4.39 Å². The van der Waals surface area contributed by atoms with Gasteiger partial charge in [0, 0.05) is 24.7 Å². The van der Waals surface area contributed by atoms with E-state index in [9.17, 15) is 4.39 Å². The van der Waals surface area contributed by atoms with Gasteiger partial charge in [-0.15, -0.1) is 0 Å². The third-order valence-corrected chi connectivity index (χ3v) is 3.15. The Morgan fingerprint density at radius 2 is 2.06 bits per heavy atom. The summed E-state index contributed by atoms with van der Waals surface area (Å²) < 4.78 is 19.1. The van der Waals surface area contributed by atoms with Crippen molar-refractivity contribution in [2.24, 2.45) is 5.41 Å². The van der Waals surface area contributed by atoms with Crippen molar-refractivity contribution in [3.8, 4) is 0 Å². The van der Waals surface area contributed by atoms with E-state index in [1.165, 1.54) is 6.07 Å². The monoisotopic (exact) mass is 317 g/mol. The van der Waals surface area contributed by atoms with Crippen LogP contribution in [0.1, 0.15) is 19.4 Å². The van der Waals surface area contributed by atoms with E-state index in [4.69, 9.17) is 4.74 Å². The summed E-state index contributed by atoms with van der Waals surface area (Å²) in [4.78, 5) is 0. The number of hydrogen-bond donors (Lipinski definition) is 1. The van der Waals surface area contributed by atoms with Gasteiger partial charge in [0.15, 0.2) is 0 Å². The van der Waals surface area contributed by atoms with Gasteiger partial charge >= 0.3 is 0 Å². The zero-order valence-electron chi connectivity index (χ0n) is 11.2. The van der Waals surface area contributed by atoms with E-state index >= 15 is 0 Å². The van der Waals surface area contributed by atoms with Gasteiger partial charge in [-0.1, -0.05) is 29.8 Å². The lowest BCUT2D eigenvalue weighted by molar-refractivity contribution is 0.194. The first-order valence-electron chi connectivity index (χ1n) is 6.07. The van der Waals surface area contributed by atoms with Gasteiger partial charge in [0.1, 0.15) is 5.82 Å². The average molecular weight is 318 g/mol. The Morgan fingerprint density at radius 1 is 1.33 bits per heavy atom. The maximum absolute atomic E-state index is 13.3. The number of methoxy groups -OCH3 is 1. The van der Waals surface area contributed by atoms with Gasteiger partial charge < -0.3 is 10.1 Å². The highest BCUT2D eigenvalue weighted by Gasteiger charge is 2.18. The Labute approximate surface area is 117 Å². The molecule has 0 heterocycles. The molecule has 102 valence electrons. The molecule has 0 unspecified atom stereocenters. The van der Waals surface area contributed by atoms with Crippen LogP contribution in [0.15, 0.2) is 22.7 Å². The Kier molecular flexibility index (Phi) is 6.26. The largest absolute Gasteiger partial charge is 0.383 e. The van der Waals surface area contributed by atoms with E-state index in [1.807, 2.05) is 6.07 Å². The minimum atomic E-state index is -0.192. The van der Waals surface area contributed by atoms with E-state index in [0.717, 1.165) is 29.5 Å². The Morgan fingerprint density at radius 3 is 2.67 bits per heavy atom. The van der Waals surface area contributed by atoms with Crippen LogP contribution in [-0.4, -0.2) is 26.8 Å². The lowest BCUT2D eigenvalue weighted by atomic mass is 9.85. The van der Waals surface area contributed by atoms with Crippen molar-refractivity contribution in [2.45, 2.75) is 20.3 Å². The van der Waals surface area contributed by atoms with E-state index in [0.29, 0.717) is 6.61 Å². The molecule has 0 saturated carbocycles. The molecule has 0 aliphatic heterocycles. The fourth-order valence-electron chi connectivity index (χ4n) is 1.93. The van der Waals surface area contributed by atoms with Crippen molar-refractivity contribution >= 4 is 15.9 Å². The molecule has 0 spiro atoms. The van der Waals surface area contributed by atoms with Crippen molar-refractivity contribution in [2.75, 3.05) is 26.8 Å². The summed E-state index contributed by atoms with van der Waals surface area (Å²) in [6.07, 6.45) is 0.837. The zero-order chi connectivity index (χ0) is 13.6. The van der Waals surface area contributed by atoms with Crippen LogP contribution in [0.25, 0.3) is 0 Å². The molecule has 0 aromatic heterocycles. The van der Waals surface area contributed by atoms with Gasteiger partial charge in [-0.05, 0) is 35.6 Å². The zero-order valence-corrected chi connectivity index (χ0v) is 12.8. The smallest absolute Gasteiger partial charge is 0.124 e. The fraction of sp³-hybridized carbons (Fsp3) is 0.571. The summed E-state index contributed by atoms with van der Waals surface area (Å²) in [5, 5.41) is 3.35. The molecule has 0 aliphatic rings. The Hall–Kier alpha value is -0.450.